The van der Waals surface area contributed by atoms with E-state index in [1.807, 2.05) is 43.0 Å². The van der Waals surface area contributed by atoms with E-state index in [1.165, 1.54) is 17.8 Å². The summed E-state index contributed by atoms with van der Waals surface area (Å²) in [5, 5.41) is 3.89. The summed E-state index contributed by atoms with van der Waals surface area (Å²) >= 11 is 3.19. The van der Waals surface area contributed by atoms with Crippen molar-refractivity contribution in [2.75, 3.05) is 23.7 Å². The number of hydrogen-bond donors (Lipinski definition) is 1. The lowest BCUT2D eigenvalue weighted by molar-refractivity contribution is -0.118. The molecule has 2 atom stereocenters. The minimum absolute atomic E-state index is 0.0635. The zero-order valence-electron chi connectivity index (χ0n) is 17.6. The van der Waals surface area contributed by atoms with Crippen LogP contribution in [-0.4, -0.2) is 41.9 Å². The summed E-state index contributed by atoms with van der Waals surface area (Å²) in [6.45, 7) is 5.65. The largest absolute Gasteiger partial charge is 0.372 e. The summed E-state index contributed by atoms with van der Waals surface area (Å²) in [7, 11) is 0. The van der Waals surface area contributed by atoms with Crippen molar-refractivity contribution < 1.29 is 13.9 Å². The minimum atomic E-state index is -0.266. The number of anilines is 1. The van der Waals surface area contributed by atoms with E-state index in [0.717, 1.165) is 20.8 Å². The van der Waals surface area contributed by atoms with Gasteiger partial charge >= 0.3 is 0 Å². The highest BCUT2D eigenvalue weighted by Gasteiger charge is 2.24. The van der Waals surface area contributed by atoms with Gasteiger partial charge in [0.1, 0.15) is 10.8 Å². The molecular weight excluding hydrogens is 433 g/mol. The summed E-state index contributed by atoms with van der Waals surface area (Å²) in [5.41, 5.74) is 2.34. The topological polar surface area (TPSA) is 54.5 Å². The van der Waals surface area contributed by atoms with Crippen LogP contribution in [0, 0.1) is 5.82 Å². The van der Waals surface area contributed by atoms with Gasteiger partial charge in [-0.1, -0.05) is 18.2 Å². The molecule has 0 aliphatic carbocycles. The van der Waals surface area contributed by atoms with Crippen molar-refractivity contribution in [3.63, 3.8) is 0 Å². The number of morpholine rings is 1. The summed E-state index contributed by atoms with van der Waals surface area (Å²) < 4.78 is 21.6. The predicted molar refractivity (Wildman–Crippen MR) is 126 cm³/mol. The van der Waals surface area contributed by atoms with Crippen LogP contribution in [0.15, 0.2) is 42.5 Å². The normalized spacial score (nSPS) is 19.0. The molecule has 1 aliphatic heterocycles. The minimum Gasteiger partial charge on any atom is -0.372 e. The Balaban J connectivity index is 1.24. The molecule has 1 amide bonds. The molecule has 31 heavy (non-hydrogen) atoms. The number of halogens is 1. The third-order valence-corrected chi connectivity index (χ3v) is 7.22. The van der Waals surface area contributed by atoms with E-state index in [1.54, 1.807) is 17.4 Å². The zero-order chi connectivity index (χ0) is 21.8. The van der Waals surface area contributed by atoms with E-state index >= 15 is 0 Å². The number of thioether (sulfide) groups is 1. The highest BCUT2D eigenvalue weighted by Crippen LogP contribution is 2.26. The second-order valence-electron chi connectivity index (χ2n) is 7.79. The van der Waals surface area contributed by atoms with Gasteiger partial charge in [-0.05, 0) is 43.7 Å². The highest BCUT2D eigenvalue weighted by molar-refractivity contribution is 7.99. The lowest BCUT2D eigenvalue weighted by Gasteiger charge is -2.37. The number of fused-ring (bicyclic) bond motifs is 1. The smallest absolute Gasteiger partial charge is 0.230 e. The van der Waals surface area contributed by atoms with Crippen LogP contribution in [0.5, 0.6) is 0 Å². The molecule has 0 bridgehead atoms. The average Bonchev–Trinajstić information content (AvgIpc) is 3.14. The first-order valence-electron chi connectivity index (χ1n) is 10.4. The van der Waals surface area contributed by atoms with E-state index in [4.69, 9.17) is 4.74 Å². The number of amides is 1. The van der Waals surface area contributed by atoms with E-state index in [2.05, 4.69) is 16.4 Å². The van der Waals surface area contributed by atoms with Gasteiger partial charge in [0, 0.05) is 25.4 Å². The molecule has 2 aromatic carbocycles. The van der Waals surface area contributed by atoms with Crippen molar-refractivity contribution >= 4 is 44.9 Å². The van der Waals surface area contributed by atoms with Crippen molar-refractivity contribution in [1.82, 2.24) is 10.3 Å². The van der Waals surface area contributed by atoms with Gasteiger partial charge in [-0.25, -0.2) is 9.37 Å². The summed E-state index contributed by atoms with van der Waals surface area (Å²) in [6, 6.07) is 13.2. The van der Waals surface area contributed by atoms with Crippen LogP contribution in [-0.2, 0) is 21.8 Å². The second kappa shape index (κ2) is 9.97. The standard InChI is InChI=1S/C23H26FN3O2S2/c1-15-11-27(12-16(2)29-15)20-8-7-17(9-18(20)24)10-25-22(28)13-30-14-23-26-19-5-3-4-6-21(19)31-23/h3-9,15-16H,10-14H2,1-2H3,(H,25,28). The molecule has 164 valence electrons. The third kappa shape index (κ3) is 5.75. The Bertz CT molecular complexity index is 1020. The molecule has 1 aliphatic rings. The first-order valence-corrected chi connectivity index (χ1v) is 12.3. The molecule has 0 spiro atoms. The van der Waals surface area contributed by atoms with Gasteiger partial charge in [0.05, 0.1) is 33.9 Å². The maximum absolute atomic E-state index is 14.7. The number of nitrogens with one attached hydrogen (secondary N) is 1. The van der Waals surface area contributed by atoms with Crippen LogP contribution in [0.3, 0.4) is 0 Å². The number of hydrogen-bond acceptors (Lipinski definition) is 6. The molecule has 5 nitrogen and oxygen atoms in total. The Morgan fingerprint density at radius 3 is 2.77 bits per heavy atom. The highest BCUT2D eigenvalue weighted by atomic mass is 32.2. The third-order valence-electron chi connectivity index (χ3n) is 5.06. The fourth-order valence-corrected chi connectivity index (χ4v) is 5.63. The van der Waals surface area contributed by atoms with Crippen molar-refractivity contribution in [2.24, 2.45) is 0 Å². The van der Waals surface area contributed by atoms with Crippen molar-refractivity contribution in [2.45, 2.75) is 38.4 Å². The van der Waals surface area contributed by atoms with Gasteiger partial charge in [-0.15, -0.1) is 23.1 Å². The number of carbonyl (C=O) groups excluding carboxylic acids is 1. The molecule has 3 aromatic rings. The van der Waals surface area contributed by atoms with Crippen LogP contribution in [0.2, 0.25) is 0 Å². The molecule has 8 heteroatoms. The molecule has 2 unspecified atom stereocenters. The molecule has 1 saturated heterocycles. The number of rotatable bonds is 7. The maximum atomic E-state index is 14.7. The van der Waals surface area contributed by atoms with Crippen molar-refractivity contribution in [3.8, 4) is 0 Å². The second-order valence-corrected chi connectivity index (χ2v) is 9.89. The molecule has 2 heterocycles. The average molecular weight is 460 g/mol. The number of para-hydroxylation sites is 1. The van der Waals surface area contributed by atoms with Gasteiger partial charge in [0.2, 0.25) is 5.91 Å². The molecule has 4 rings (SSSR count). The Kier molecular flexibility index (Phi) is 7.09. The van der Waals surface area contributed by atoms with Gasteiger partial charge in [0.15, 0.2) is 0 Å². The summed E-state index contributed by atoms with van der Waals surface area (Å²) in [4.78, 5) is 18.8. The molecule has 1 N–H and O–H groups in total. The molecule has 0 saturated carbocycles. The summed E-state index contributed by atoms with van der Waals surface area (Å²) in [6.07, 6.45) is 0.143. The lowest BCUT2D eigenvalue weighted by atomic mass is 10.1. The Labute approximate surface area is 190 Å². The molecule has 0 radical (unpaired) electrons. The first-order chi connectivity index (χ1) is 15.0. The van der Waals surface area contributed by atoms with Gasteiger partial charge in [-0.3, -0.25) is 4.79 Å². The van der Waals surface area contributed by atoms with Crippen LogP contribution in [0.25, 0.3) is 10.2 Å². The SMILES string of the molecule is CC1CN(c2ccc(CNC(=O)CSCc3nc4ccccc4s3)cc2F)CC(C)O1. The Morgan fingerprint density at radius 1 is 1.26 bits per heavy atom. The quantitative estimate of drug-likeness (QED) is 0.560. The number of aromatic nitrogens is 1. The number of nitrogens with zero attached hydrogens (tertiary/aromatic N) is 2. The van der Waals surface area contributed by atoms with Crippen LogP contribution < -0.4 is 10.2 Å². The fourth-order valence-electron chi connectivity index (χ4n) is 3.76. The maximum Gasteiger partial charge on any atom is 0.230 e. The van der Waals surface area contributed by atoms with Gasteiger partial charge in [0.25, 0.3) is 0 Å². The van der Waals surface area contributed by atoms with Crippen LogP contribution >= 0.6 is 23.1 Å². The molecule has 1 aromatic heterocycles. The molecule has 1 fully saturated rings. The fraction of sp³-hybridized carbons (Fsp3) is 0.391. The van der Waals surface area contributed by atoms with Crippen LogP contribution in [0.1, 0.15) is 24.4 Å². The Hall–Kier alpha value is -2.16. The van der Waals surface area contributed by atoms with Crippen molar-refractivity contribution in [1.29, 1.82) is 0 Å². The zero-order valence-corrected chi connectivity index (χ0v) is 19.3. The number of carbonyl (C=O) groups is 1. The van der Waals surface area contributed by atoms with Crippen LogP contribution in [0.4, 0.5) is 10.1 Å². The van der Waals surface area contributed by atoms with E-state index in [0.29, 0.717) is 36.8 Å². The van der Waals surface area contributed by atoms with E-state index in [9.17, 15) is 9.18 Å². The monoisotopic (exact) mass is 459 g/mol. The molecular formula is C23H26FN3O2S2. The van der Waals surface area contributed by atoms with Gasteiger partial charge in [-0.2, -0.15) is 0 Å². The number of benzene rings is 2. The van der Waals surface area contributed by atoms with Crippen molar-refractivity contribution in [3.05, 3.63) is 58.9 Å². The lowest BCUT2D eigenvalue weighted by Crippen LogP contribution is -2.45. The first kappa shape index (κ1) is 22.0. The Morgan fingerprint density at radius 2 is 2.03 bits per heavy atom. The summed E-state index contributed by atoms with van der Waals surface area (Å²) in [5.74, 6) is 0.719. The van der Waals surface area contributed by atoms with E-state index in [-0.39, 0.29) is 23.9 Å². The number of thiazole rings is 1. The van der Waals surface area contributed by atoms with E-state index < -0.39 is 0 Å². The predicted octanol–water partition coefficient (Wildman–Crippen LogP) is 4.60. The van der Waals surface area contributed by atoms with Gasteiger partial charge < -0.3 is 15.0 Å². The number of ether oxygens (including phenoxy) is 1.